The SMILES string of the molecule is CCC(Nc1nc2ccc(N)cc2o1)c1cccs1. The van der Waals surface area contributed by atoms with Crippen LogP contribution in [0.4, 0.5) is 11.7 Å². The fraction of sp³-hybridized carbons (Fsp3) is 0.214. The molecule has 0 aliphatic carbocycles. The van der Waals surface area contributed by atoms with Crippen LogP contribution >= 0.6 is 11.3 Å². The summed E-state index contributed by atoms with van der Waals surface area (Å²) in [5.74, 6) is 0. The molecule has 0 saturated heterocycles. The van der Waals surface area contributed by atoms with Crippen LogP contribution in [0, 0.1) is 0 Å². The number of nitrogens with one attached hydrogen (secondary N) is 1. The van der Waals surface area contributed by atoms with Crippen LogP contribution in [-0.4, -0.2) is 4.98 Å². The smallest absolute Gasteiger partial charge is 0.296 e. The van der Waals surface area contributed by atoms with Crippen LogP contribution in [-0.2, 0) is 0 Å². The Morgan fingerprint density at radius 2 is 2.32 bits per heavy atom. The quantitative estimate of drug-likeness (QED) is 0.704. The second kappa shape index (κ2) is 4.93. The maximum Gasteiger partial charge on any atom is 0.296 e. The molecule has 0 fully saturated rings. The van der Waals surface area contributed by atoms with E-state index >= 15 is 0 Å². The molecule has 0 bridgehead atoms. The van der Waals surface area contributed by atoms with Crippen molar-refractivity contribution >= 4 is 34.1 Å². The number of nitrogens with zero attached hydrogens (tertiary/aromatic N) is 1. The third kappa shape index (κ3) is 2.42. The van der Waals surface area contributed by atoms with Gasteiger partial charge in [0.1, 0.15) is 5.52 Å². The number of thiophene rings is 1. The van der Waals surface area contributed by atoms with E-state index in [1.807, 2.05) is 12.1 Å². The summed E-state index contributed by atoms with van der Waals surface area (Å²) < 4.78 is 5.68. The number of nitrogen functional groups attached to an aromatic ring is 1. The average molecular weight is 273 g/mol. The molecule has 0 saturated carbocycles. The molecule has 2 aromatic heterocycles. The van der Waals surface area contributed by atoms with Crippen LogP contribution in [0.2, 0.25) is 0 Å². The zero-order valence-electron chi connectivity index (χ0n) is 10.6. The van der Waals surface area contributed by atoms with Gasteiger partial charge in [0.15, 0.2) is 5.58 Å². The molecular formula is C14H15N3OS. The van der Waals surface area contributed by atoms with Crippen LogP contribution in [0.1, 0.15) is 24.3 Å². The maximum atomic E-state index is 5.73. The number of aromatic nitrogens is 1. The fourth-order valence-electron chi connectivity index (χ4n) is 2.02. The predicted molar refractivity (Wildman–Crippen MR) is 79.4 cm³/mol. The third-order valence-electron chi connectivity index (χ3n) is 3.01. The number of benzene rings is 1. The van der Waals surface area contributed by atoms with Gasteiger partial charge in [-0.15, -0.1) is 11.3 Å². The van der Waals surface area contributed by atoms with Gasteiger partial charge in [0.2, 0.25) is 0 Å². The highest BCUT2D eigenvalue weighted by molar-refractivity contribution is 7.10. The lowest BCUT2D eigenvalue weighted by Crippen LogP contribution is -2.08. The number of hydrogen-bond donors (Lipinski definition) is 2. The summed E-state index contributed by atoms with van der Waals surface area (Å²) >= 11 is 1.73. The summed E-state index contributed by atoms with van der Waals surface area (Å²) in [5.41, 5.74) is 7.94. The van der Waals surface area contributed by atoms with Crippen LogP contribution < -0.4 is 11.1 Å². The van der Waals surface area contributed by atoms with E-state index in [4.69, 9.17) is 10.2 Å². The van der Waals surface area contributed by atoms with Crippen LogP contribution in [0.25, 0.3) is 11.1 Å². The zero-order valence-corrected chi connectivity index (χ0v) is 11.4. The van der Waals surface area contributed by atoms with E-state index in [0.29, 0.717) is 17.3 Å². The van der Waals surface area contributed by atoms with Gasteiger partial charge in [0.25, 0.3) is 6.01 Å². The van der Waals surface area contributed by atoms with Crippen LogP contribution in [0.3, 0.4) is 0 Å². The Labute approximate surface area is 115 Å². The number of hydrogen-bond acceptors (Lipinski definition) is 5. The van der Waals surface area contributed by atoms with E-state index in [1.165, 1.54) is 4.88 Å². The fourth-order valence-corrected chi connectivity index (χ4v) is 2.88. The molecule has 1 atom stereocenters. The highest BCUT2D eigenvalue weighted by Gasteiger charge is 2.13. The Hall–Kier alpha value is -2.01. The summed E-state index contributed by atoms with van der Waals surface area (Å²) in [6.07, 6.45) is 0.974. The van der Waals surface area contributed by atoms with Gasteiger partial charge in [-0.25, -0.2) is 0 Å². The second-order valence-corrected chi connectivity index (χ2v) is 5.35. The second-order valence-electron chi connectivity index (χ2n) is 4.37. The lowest BCUT2D eigenvalue weighted by atomic mass is 10.2. The molecule has 19 heavy (non-hydrogen) atoms. The van der Waals surface area contributed by atoms with Gasteiger partial charge in [-0.3, -0.25) is 0 Å². The summed E-state index contributed by atoms with van der Waals surface area (Å²) in [6, 6.07) is 10.4. The number of anilines is 2. The van der Waals surface area contributed by atoms with E-state index in [1.54, 1.807) is 17.4 Å². The first-order valence-electron chi connectivity index (χ1n) is 6.22. The van der Waals surface area contributed by atoms with E-state index in [9.17, 15) is 0 Å². The number of nitrogens with two attached hydrogens (primary N) is 1. The molecule has 3 aromatic rings. The van der Waals surface area contributed by atoms with Crippen LogP contribution in [0.15, 0.2) is 40.1 Å². The van der Waals surface area contributed by atoms with Gasteiger partial charge < -0.3 is 15.5 Å². The van der Waals surface area contributed by atoms with Crippen molar-refractivity contribution in [1.82, 2.24) is 4.98 Å². The summed E-state index contributed by atoms with van der Waals surface area (Å²) in [6.45, 7) is 2.14. The zero-order chi connectivity index (χ0) is 13.2. The molecule has 98 valence electrons. The largest absolute Gasteiger partial charge is 0.423 e. The standard InChI is InChI=1S/C14H15N3OS/c1-2-10(13-4-3-7-19-13)16-14-17-11-6-5-9(15)8-12(11)18-14/h3-8,10H,2,15H2,1H3,(H,16,17). The third-order valence-corrected chi connectivity index (χ3v) is 3.99. The minimum atomic E-state index is 0.227. The lowest BCUT2D eigenvalue weighted by Gasteiger charge is -2.13. The Bertz CT molecular complexity index is 675. The minimum absolute atomic E-state index is 0.227. The van der Waals surface area contributed by atoms with Crippen molar-refractivity contribution in [3.63, 3.8) is 0 Å². The highest BCUT2D eigenvalue weighted by Crippen LogP contribution is 2.28. The molecule has 0 amide bonds. The topological polar surface area (TPSA) is 64.1 Å². The average Bonchev–Trinajstić information content (AvgIpc) is 3.04. The molecule has 1 aromatic carbocycles. The first-order valence-corrected chi connectivity index (χ1v) is 7.10. The summed E-state index contributed by atoms with van der Waals surface area (Å²) in [4.78, 5) is 5.70. The van der Waals surface area contributed by atoms with Gasteiger partial charge in [-0.1, -0.05) is 13.0 Å². The minimum Gasteiger partial charge on any atom is -0.423 e. The van der Waals surface area contributed by atoms with Gasteiger partial charge >= 0.3 is 0 Å². The molecule has 5 heteroatoms. The van der Waals surface area contributed by atoms with Crippen molar-refractivity contribution in [2.24, 2.45) is 0 Å². The van der Waals surface area contributed by atoms with E-state index < -0.39 is 0 Å². The molecule has 0 aliphatic heterocycles. The molecule has 0 radical (unpaired) electrons. The molecular weight excluding hydrogens is 258 g/mol. The number of fused-ring (bicyclic) bond motifs is 1. The molecule has 3 rings (SSSR count). The summed E-state index contributed by atoms with van der Waals surface area (Å²) in [7, 11) is 0. The van der Waals surface area contributed by atoms with Crippen molar-refractivity contribution in [1.29, 1.82) is 0 Å². The number of rotatable bonds is 4. The Kier molecular flexibility index (Phi) is 3.13. The highest BCUT2D eigenvalue weighted by atomic mass is 32.1. The van der Waals surface area contributed by atoms with Crippen LogP contribution in [0.5, 0.6) is 0 Å². The van der Waals surface area contributed by atoms with E-state index in [0.717, 1.165) is 11.9 Å². The monoisotopic (exact) mass is 273 g/mol. The van der Waals surface area contributed by atoms with Crippen molar-refractivity contribution in [2.45, 2.75) is 19.4 Å². The van der Waals surface area contributed by atoms with Crippen molar-refractivity contribution in [3.05, 3.63) is 40.6 Å². The Balaban J connectivity index is 1.88. The van der Waals surface area contributed by atoms with E-state index in [-0.39, 0.29) is 6.04 Å². The van der Waals surface area contributed by atoms with Gasteiger partial charge in [-0.2, -0.15) is 4.98 Å². The normalized spacial score (nSPS) is 12.7. The lowest BCUT2D eigenvalue weighted by molar-refractivity contribution is 0.595. The van der Waals surface area contributed by atoms with Gasteiger partial charge in [0, 0.05) is 16.6 Å². The van der Waals surface area contributed by atoms with Crippen molar-refractivity contribution in [2.75, 3.05) is 11.1 Å². The van der Waals surface area contributed by atoms with Gasteiger partial charge in [0.05, 0.1) is 6.04 Å². The Morgan fingerprint density at radius 1 is 1.42 bits per heavy atom. The summed E-state index contributed by atoms with van der Waals surface area (Å²) in [5, 5.41) is 5.41. The Morgan fingerprint density at radius 3 is 3.05 bits per heavy atom. The molecule has 2 heterocycles. The molecule has 1 unspecified atom stereocenters. The molecule has 3 N–H and O–H groups in total. The van der Waals surface area contributed by atoms with E-state index in [2.05, 4.69) is 34.7 Å². The van der Waals surface area contributed by atoms with Crippen molar-refractivity contribution in [3.8, 4) is 0 Å². The molecule has 0 spiro atoms. The van der Waals surface area contributed by atoms with Gasteiger partial charge in [-0.05, 0) is 30.0 Å². The van der Waals surface area contributed by atoms with Crippen molar-refractivity contribution < 1.29 is 4.42 Å². The molecule has 4 nitrogen and oxygen atoms in total. The molecule has 0 aliphatic rings. The first kappa shape index (κ1) is 12.0. The first-order chi connectivity index (χ1) is 9.26. The predicted octanol–water partition coefficient (Wildman–Crippen LogP) is 4.03. The maximum absolute atomic E-state index is 5.73. The number of oxazole rings is 1.